The van der Waals surface area contributed by atoms with Gasteiger partial charge in [0, 0.05) is 14.1 Å². The van der Waals surface area contributed by atoms with E-state index in [0.29, 0.717) is 5.69 Å². The van der Waals surface area contributed by atoms with Gasteiger partial charge in [0.05, 0.1) is 16.9 Å². The van der Waals surface area contributed by atoms with Crippen LogP contribution in [0.3, 0.4) is 0 Å². The summed E-state index contributed by atoms with van der Waals surface area (Å²) in [5.74, 6) is -0.529. The Morgan fingerprint density at radius 3 is 2.58 bits per heavy atom. The van der Waals surface area contributed by atoms with Gasteiger partial charge in [-0.25, -0.2) is 0 Å². The van der Waals surface area contributed by atoms with Crippen molar-refractivity contribution >= 4 is 28.9 Å². The Labute approximate surface area is 149 Å². The van der Waals surface area contributed by atoms with Crippen LogP contribution in [0.1, 0.15) is 10.4 Å². The van der Waals surface area contributed by atoms with Gasteiger partial charge < -0.3 is 25.2 Å². The number of nitrogens with zero attached hydrogens (tertiary/aromatic N) is 3. The summed E-state index contributed by atoms with van der Waals surface area (Å²) in [7, 11) is 3.17. The molecule has 0 aliphatic heterocycles. The summed E-state index contributed by atoms with van der Waals surface area (Å²) < 4.78 is 4.63. The van der Waals surface area contributed by atoms with Crippen molar-refractivity contribution in [2.75, 3.05) is 24.7 Å². The molecular formula is C17H17N5O4. The van der Waals surface area contributed by atoms with Crippen LogP contribution in [0.5, 0.6) is 5.75 Å². The van der Waals surface area contributed by atoms with Crippen molar-refractivity contribution in [3.63, 3.8) is 0 Å². The van der Waals surface area contributed by atoms with E-state index in [2.05, 4.69) is 20.4 Å². The molecule has 0 saturated carbocycles. The molecule has 0 bridgehead atoms. The molecule has 3 rings (SSSR count). The second-order valence-corrected chi connectivity index (χ2v) is 5.64. The Balaban J connectivity index is 1.91. The van der Waals surface area contributed by atoms with Gasteiger partial charge in [0.15, 0.2) is 5.75 Å². The van der Waals surface area contributed by atoms with Crippen LogP contribution in [0, 0.1) is 5.21 Å². The first-order valence-corrected chi connectivity index (χ1v) is 7.70. The van der Waals surface area contributed by atoms with Crippen LogP contribution in [0.2, 0.25) is 0 Å². The molecule has 0 aliphatic rings. The highest BCUT2D eigenvalue weighted by molar-refractivity contribution is 5.98. The highest BCUT2D eigenvalue weighted by atomic mass is 16.8. The molecule has 2 aromatic carbocycles. The van der Waals surface area contributed by atoms with E-state index in [-0.39, 0.29) is 39.4 Å². The zero-order valence-corrected chi connectivity index (χ0v) is 14.1. The lowest BCUT2D eigenvalue weighted by molar-refractivity contribution is -0.790. The number of hydrogen-bond acceptors (Lipinski definition) is 7. The largest absolute Gasteiger partial charge is 0.505 e. The van der Waals surface area contributed by atoms with Gasteiger partial charge in [-0.3, -0.25) is 10.1 Å². The Kier molecular flexibility index (Phi) is 4.61. The number of phenolic OH excluding ortho intramolecular Hbond substituents is 1. The van der Waals surface area contributed by atoms with Crippen molar-refractivity contribution < 1.29 is 19.4 Å². The number of anilines is 4. The molecule has 134 valence electrons. The first-order valence-electron chi connectivity index (χ1n) is 7.70. The van der Waals surface area contributed by atoms with Crippen molar-refractivity contribution in [1.82, 2.24) is 10.1 Å². The maximum absolute atomic E-state index is 12.1. The van der Waals surface area contributed by atoms with Crippen molar-refractivity contribution in [3.8, 4) is 5.75 Å². The summed E-state index contributed by atoms with van der Waals surface area (Å²) in [6.07, 6.45) is 0. The highest BCUT2D eigenvalue weighted by Crippen LogP contribution is 2.32. The average molecular weight is 355 g/mol. The van der Waals surface area contributed by atoms with E-state index in [1.165, 1.54) is 11.0 Å². The highest BCUT2D eigenvalue weighted by Gasteiger charge is 2.22. The Morgan fingerprint density at radius 2 is 1.88 bits per heavy atom. The molecular weight excluding hydrogens is 338 g/mol. The average Bonchev–Trinajstić information content (AvgIpc) is 2.97. The van der Waals surface area contributed by atoms with E-state index in [0.717, 1.165) is 0 Å². The summed E-state index contributed by atoms with van der Waals surface area (Å²) in [5, 5.41) is 31.6. The first kappa shape index (κ1) is 17.1. The molecule has 9 nitrogen and oxygen atoms in total. The number of carbonyl (C=O) groups excluding carboxylic acids is 1. The predicted molar refractivity (Wildman–Crippen MR) is 94.6 cm³/mol. The molecule has 26 heavy (non-hydrogen) atoms. The molecule has 1 amide bonds. The fourth-order valence-electron chi connectivity index (χ4n) is 2.28. The molecule has 0 spiro atoms. The van der Waals surface area contributed by atoms with Crippen LogP contribution in [-0.2, 0) is 0 Å². The van der Waals surface area contributed by atoms with Crippen LogP contribution < -0.4 is 15.5 Å². The lowest BCUT2D eigenvalue weighted by Crippen LogP contribution is -2.26. The van der Waals surface area contributed by atoms with Crippen molar-refractivity contribution in [2.24, 2.45) is 0 Å². The number of benzene rings is 2. The van der Waals surface area contributed by atoms with Crippen LogP contribution in [-0.4, -0.2) is 35.2 Å². The second kappa shape index (κ2) is 7.01. The van der Waals surface area contributed by atoms with E-state index in [9.17, 15) is 15.1 Å². The number of para-hydroxylation sites is 2. The van der Waals surface area contributed by atoms with Gasteiger partial charge in [-0.2, -0.15) is 0 Å². The summed E-state index contributed by atoms with van der Waals surface area (Å²) in [4.78, 5) is 13.7. The third kappa shape index (κ3) is 3.36. The number of aromatic nitrogens is 2. The minimum atomic E-state index is -0.354. The van der Waals surface area contributed by atoms with Crippen molar-refractivity contribution in [3.05, 3.63) is 59.3 Å². The van der Waals surface area contributed by atoms with Crippen molar-refractivity contribution in [2.45, 2.75) is 0 Å². The quantitative estimate of drug-likeness (QED) is 0.474. The zero-order valence-electron chi connectivity index (χ0n) is 14.1. The second-order valence-electron chi connectivity index (χ2n) is 5.64. The van der Waals surface area contributed by atoms with Gasteiger partial charge in [-0.1, -0.05) is 29.2 Å². The molecule has 1 aromatic heterocycles. The smallest absolute Gasteiger partial charge is 0.324 e. The van der Waals surface area contributed by atoms with Crippen LogP contribution in [0.4, 0.5) is 23.0 Å². The number of amides is 1. The Bertz CT molecular complexity index is 924. The number of hydrogen-bond donors (Lipinski definition) is 3. The van der Waals surface area contributed by atoms with E-state index >= 15 is 0 Å². The summed E-state index contributed by atoms with van der Waals surface area (Å²) in [6.45, 7) is 0. The minimum Gasteiger partial charge on any atom is -0.505 e. The monoisotopic (exact) mass is 355 g/mol. The predicted octanol–water partition coefficient (Wildman–Crippen LogP) is 2.20. The van der Waals surface area contributed by atoms with E-state index < -0.39 is 0 Å². The lowest BCUT2D eigenvalue weighted by atomic mass is 10.1. The molecule has 1 heterocycles. The maximum Gasteiger partial charge on any atom is 0.324 e. The van der Waals surface area contributed by atoms with Gasteiger partial charge in [0.1, 0.15) is 0 Å². The fourth-order valence-corrected chi connectivity index (χ4v) is 2.28. The zero-order chi connectivity index (χ0) is 18.7. The van der Waals surface area contributed by atoms with Gasteiger partial charge in [-0.15, -0.1) is 0 Å². The third-order valence-electron chi connectivity index (χ3n) is 3.58. The number of rotatable bonds is 5. The number of carbonyl (C=O) groups is 1. The summed E-state index contributed by atoms with van der Waals surface area (Å²) in [5.41, 5.74) is 0.989. The normalized spacial score (nSPS) is 10.4. The van der Waals surface area contributed by atoms with Gasteiger partial charge in [0.25, 0.3) is 5.91 Å². The third-order valence-corrected chi connectivity index (χ3v) is 3.58. The molecule has 0 fully saturated rings. The van der Waals surface area contributed by atoms with Crippen LogP contribution >= 0.6 is 0 Å². The Morgan fingerprint density at radius 1 is 1.15 bits per heavy atom. The number of nitrogens with one attached hydrogen (secondary N) is 2. The van der Waals surface area contributed by atoms with Crippen LogP contribution in [0.15, 0.2) is 53.2 Å². The number of phenols is 1. The number of aromatic hydroxyl groups is 1. The molecule has 3 aromatic rings. The summed E-state index contributed by atoms with van der Waals surface area (Å²) >= 11 is 0. The van der Waals surface area contributed by atoms with Gasteiger partial charge in [-0.05, 0) is 29.4 Å². The van der Waals surface area contributed by atoms with E-state index in [1.54, 1.807) is 50.5 Å². The molecule has 0 atom stereocenters. The van der Waals surface area contributed by atoms with Gasteiger partial charge in [0.2, 0.25) is 0 Å². The van der Waals surface area contributed by atoms with Crippen LogP contribution in [0.25, 0.3) is 0 Å². The SMILES string of the molecule is CN(C)C(=O)c1cccc(Nc2no[n+]([O-])c2Nc2ccccc2)c1O. The molecule has 0 aliphatic carbocycles. The standard InChI is InChI=1S/C17H17N5O4/c1-21(2)17(24)12-9-6-10-13(14(12)23)19-15-16(22(25)26-20-15)18-11-7-4-3-5-8-11/h3-10,18,23H,1-2H3,(H,19,20). The summed E-state index contributed by atoms with van der Waals surface area (Å²) in [6, 6.07) is 13.7. The van der Waals surface area contributed by atoms with Crippen molar-refractivity contribution in [1.29, 1.82) is 0 Å². The minimum absolute atomic E-state index is 0.0138. The maximum atomic E-state index is 12.1. The van der Waals surface area contributed by atoms with E-state index in [1.807, 2.05) is 6.07 Å². The lowest BCUT2D eigenvalue weighted by Gasteiger charge is -2.13. The molecule has 0 saturated heterocycles. The molecule has 3 N–H and O–H groups in total. The molecule has 9 heteroatoms. The molecule has 0 unspecified atom stereocenters. The molecule has 0 radical (unpaired) electrons. The fraction of sp³-hybridized carbons (Fsp3) is 0.118. The van der Waals surface area contributed by atoms with Gasteiger partial charge >= 0.3 is 11.6 Å². The Hall–Kier alpha value is -3.75. The first-order chi connectivity index (χ1) is 12.5. The van der Waals surface area contributed by atoms with E-state index in [4.69, 9.17) is 0 Å². The topological polar surface area (TPSA) is 118 Å².